The van der Waals surface area contributed by atoms with Crippen molar-refractivity contribution >= 4 is 68.9 Å². The summed E-state index contributed by atoms with van der Waals surface area (Å²) in [6, 6.07) is 13.2. The van der Waals surface area contributed by atoms with Gasteiger partial charge in [-0.15, -0.1) is 0 Å². The van der Waals surface area contributed by atoms with E-state index < -0.39 is 0 Å². The Morgan fingerprint density at radius 3 is 1.42 bits per heavy atom. The van der Waals surface area contributed by atoms with E-state index in [4.69, 9.17) is 23.2 Å². The molecule has 0 fully saturated rings. The first-order chi connectivity index (χ1) is 14.9. The largest absolute Gasteiger partial charge is 0.301 e. The van der Waals surface area contributed by atoms with E-state index in [0.717, 1.165) is 0 Å². The molecule has 0 aliphatic carbocycles. The number of aliphatic imine (C=N–C) groups is 2. The molecule has 0 radical (unpaired) electrons. The molecule has 2 N–H and O–H groups in total. The smallest absolute Gasteiger partial charge is 0.257 e. The summed E-state index contributed by atoms with van der Waals surface area (Å²) < 4.78 is 0. The molecule has 2 aromatic carbocycles. The molecular formula is C21H22Cl2N4O2S2. The molecule has 6 nitrogen and oxygen atoms in total. The minimum Gasteiger partial charge on any atom is -0.301 e. The number of nitrogens with one attached hydrogen (secondary N) is 2. The average molecular weight is 497 g/mol. The Bertz CT molecular complexity index is 871. The Morgan fingerprint density at radius 2 is 1.10 bits per heavy atom. The Labute approximate surface area is 200 Å². The highest BCUT2D eigenvalue weighted by atomic mass is 35.5. The first-order valence-electron chi connectivity index (χ1n) is 9.41. The first-order valence-corrected chi connectivity index (χ1v) is 12.1. The molecular weight excluding hydrogens is 475 g/mol. The number of hydrogen-bond acceptors (Lipinski definition) is 6. The van der Waals surface area contributed by atoms with Crippen LogP contribution < -0.4 is 10.6 Å². The summed E-state index contributed by atoms with van der Waals surface area (Å²) >= 11 is 14.4. The molecule has 0 heterocycles. The monoisotopic (exact) mass is 496 g/mol. The van der Waals surface area contributed by atoms with Crippen molar-refractivity contribution in [3.63, 3.8) is 0 Å². The molecule has 0 unspecified atom stereocenters. The van der Waals surface area contributed by atoms with Crippen molar-refractivity contribution in [2.75, 3.05) is 18.2 Å². The van der Waals surface area contributed by atoms with E-state index in [1.807, 2.05) is 13.8 Å². The Kier molecular flexibility index (Phi) is 10.9. The minimum absolute atomic E-state index is 0.264. The average Bonchev–Trinajstić information content (AvgIpc) is 2.74. The summed E-state index contributed by atoms with van der Waals surface area (Å²) in [6.45, 7) is 4.82. The summed E-state index contributed by atoms with van der Waals surface area (Å²) in [6.07, 6.45) is 0. The standard InChI is InChI=1S/C21H22Cl2N4O2S2/c1-3-24-20(26-18(28)14-5-9-16(22)10-6-14)30-13-31-21(25-4-2)27-19(29)15-7-11-17(23)12-8-15/h5-12H,3-4,13H2,1-2H3,(H,24,26,28)(H,25,27,29). The zero-order valence-corrected chi connectivity index (χ0v) is 20.2. The lowest BCUT2D eigenvalue weighted by Gasteiger charge is -2.11. The molecule has 164 valence electrons. The molecule has 0 saturated heterocycles. The fourth-order valence-electron chi connectivity index (χ4n) is 2.21. The van der Waals surface area contributed by atoms with Gasteiger partial charge >= 0.3 is 0 Å². The van der Waals surface area contributed by atoms with Crippen LogP contribution in [-0.4, -0.2) is 40.3 Å². The van der Waals surface area contributed by atoms with Crippen molar-refractivity contribution in [1.29, 1.82) is 0 Å². The van der Waals surface area contributed by atoms with E-state index in [-0.39, 0.29) is 11.8 Å². The molecule has 0 aliphatic heterocycles. The Morgan fingerprint density at radius 1 is 0.742 bits per heavy atom. The molecule has 0 atom stereocenters. The Hall–Kier alpha value is -2.00. The number of carbonyl (C=O) groups excluding carboxylic acids is 2. The highest BCUT2D eigenvalue weighted by molar-refractivity contribution is 8.29. The van der Waals surface area contributed by atoms with Crippen LogP contribution in [0.1, 0.15) is 34.6 Å². The second-order valence-corrected chi connectivity index (χ2v) is 9.05. The minimum atomic E-state index is -0.264. The summed E-state index contributed by atoms with van der Waals surface area (Å²) in [5, 5.41) is 8.23. The van der Waals surface area contributed by atoms with Crippen LogP contribution in [0.15, 0.2) is 58.5 Å². The van der Waals surface area contributed by atoms with Crippen molar-refractivity contribution in [3.8, 4) is 0 Å². The molecule has 2 amide bonds. The van der Waals surface area contributed by atoms with Crippen molar-refractivity contribution in [3.05, 3.63) is 69.7 Å². The maximum atomic E-state index is 12.4. The maximum Gasteiger partial charge on any atom is 0.257 e. The van der Waals surface area contributed by atoms with E-state index in [2.05, 4.69) is 20.6 Å². The number of benzene rings is 2. The van der Waals surface area contributed by atoms with E-state index in [1.54, 1.807) is 48.5 Å². The van der Waals surface area contributed by atoms with Crippen molar-refractivity contribution in [2.24, 2.45) is 9.98 Å². The molecule has 10 heteroatoms. The molecule has 0 bridgehead atoms. The molecule has 2 aromatic rings. The van der Waals surface area contributed by atoms with Gasteiger partial charge < -0.3 is 10.6 Å². The van der Waals surface area contributed by atoms with Gasteiger partial charge in [-0.2, -0.15) is 0 Å². The number of amides is 2. The van der Waals surface area contributed by atoms with Gasteiger partial charge in [-0.3, -0.25) is 19.6 Å². The highest BCUT2D eigenvalue weighted by Gasteiger charge is 2.12. The number of halogens is 2. The predicted octanol–water partition coefficient (Wildman–Crippen LogP) is 5.33. The van der Waals surface area contributed by atoms with Gasteiger partial charge in [0.05, 0.1) is 5.08 Å². The van der Waals surface area contributed by atoms with Gasteiger partial charge in [0.25, 0.3) is 11.8 Å². The van der Waals surface area contributed by atoms with Gasteiger partial charge in [-0.1, -0.05) is 46.7 Å². The van der Waals surface area contributed by atoms with Crippen molar-refractivity contribution in [1.82, 2.24) is 10.6 Å². The normalized spacial score (nSPS) is 11.9. The van der Waals surface area contributed by atoms with Crippen LogP contribution in [0.25, 0.3) is 0 Å². The predicted molar refractivity (Wildman–Crippen MR) is 134 cm³/mol. The third-order valence-electron chi connectivity index (χ3n) is 3.65. The van der Waals surface area contributed by atoms with Gasteiger partial charge in [0, 0.05) is 34.3 Å². The fraction of sp³-hybridized carbons (Fsp3) is 0.238. The molecule has 0 aromatic heterocycles. The van der Waals surface area contributed by atoms with E-state index in [9.17, 15) is 9.59 Å². The van der Waals surface area contributed by atoms with Crippen LogP contribution in [0.2, 0.25) is 10.0 Å². The summed E-state index contributed by atoms with van der Waals surface area (Å²) in [7, 11) is 0. The Balaban J connectivity index is 1.92. The zero-order chi connectivity index (χ0) is 22.6. The number of nitrogens with zero attached hydrogens (tertiary/aromatic N) is 2. The van der Waals surface area contributed by atoms with Crippen LogP contribution in [0.5, 0.6) is 0 Å². The number of thioether (sulfide) groups is 2. The molecule has 31 heavy (non-hydrogen) atoms. The van der Waals surface area contributed by atoms with Gasteiger partial charge in [0.15, 0.2) is 10.3 Å². The van der Waals surface area contributed by atoms with Gasteiger partial charge in [-0.05, 0) is 62.4 Å². The van der Waals surface area contributed by atoms with E-state index >= 15 is 0 Å². The van der Waals surface area contributed by atoms with Crippen molar-refractivity contribution in [2.45, 2.75) is 13.8 Å². The SMILES string of the molecule is CCN=C(NC(=O)c1ccc(Cl)cc1)SCSC(=NCC)NC(=O)c1ccc(Cl)cc1. The van der Waals surface area contributed by atoms with Crippen LogP contribution in [-0.2, 0) is 0 Å². The van der Waals surface area contributed by atoms with Crippen molar-refractivity contribution < 1.29 is 9.59 Å². The third kappa shape index (κ3) is 8.95. The van der Waals surface area contributed by atoms with Gasteiger partial charge in [0.1, 0.15) is 0 Å². The number of rotatable bonds is 6. The number of hydrogen-bond donors (Lipinski definition) is 2. The van der Waals surface area contributed by atoms with Crippen LogP contribution in [0.4, 0.5) is 0 Å². The lowest BCUT2D eigenvalue weighted by atomic mass is 10.2. The van der Waals surface area contributed by atoms with Crippen LogP contribution in [0.3, 0.4) is 0 Å². The molecule has 2 rings (SSSR count). The topological polar surface area (TPSA) is 82.9 Å². The molecule has 0 spiro atoms. The summed E-state index contributed by atoms with van der Waals surface area (Å²) in [5.74, 6) is -0.528. The van der Waals surface area contributed by atoms with Gasteiger partial charge in [-0.25, -0.2) is 0 Å². The van der Waals surface area contributed by atoms with Gasteiger partial charge in [0.2, 0.25) is 0 Å². The quantitative estimate of drug-likeness (QED) is 0.321. The van der Waals surface area contributed by atoms with Crippen LogP contribution >= 0.6 is 46.7 Å². The number of carbonyl (C=O) groups is 2. The van der Waals surface area contributed by atoms with E-state index in [0.29, 0.717) is 49.7 Å². The summed E-state index contributed by atoms with van der Waals surface area (Å²) in [4.78, 5) is 33.5. The summed E-state index contributed by atoms with van der Waals surface area (Å²) in [5.41, 5.74) is 0.981. The second-order valence-electron chi connectivity index (χ2n) is 5.89. The zero-order valence-electron chi connectivity index (χ0n) is 17.0. The second kappa shape index (κ2) is 13.4. The lowest BCUT2D eigenvalue weighted by molar-refractivity contribution is 0.0969. The fourth-order valence-corrected chi connectivity index (χ4v) is 4.36. The van der Waals surface area contributed by atoms with Crippen LogP contribution in [0, 0.1) is 0 Å². The highest BCUT2D eigenvalue weighted by Crippen LogP contribution is 2.16. The molecule has 0 aliphatic rings. The van der Waals surface area contributed by atoms with E-state index in [1.165, 1.54) is 23.5 Å². The molecule has 0 saturated carbocycles. The number of amidine groups is 2. The first kappa shape index (κ1) is 25.3. The lowest BCUT2D eigenvalue weighted by Crippen LogP contribution is -2.30. The third-order valence-corrected chi connectivity index (χ3v) is 6.10. The maximum absolute atomic E-state index is 12.4.